The highest BCUT2D eigenvalue weighted by atomic mass is 32.1. The first-order valence-electron chi connectivity index (χ1n) is 26.7. The van der Waals surface area contributed by atoms with Gasteiger partial charge in [-0.1, -0.05) is 162 Å². The summed E-state index contributed by atoms with van der Waals surface area (Å²) in [5, 5.41) is 1.13. The third-order valence-corrected chi connectivity index (χ3v) is 15.7. The molecular formula is C60H75BN2S. The van der Waals surface area contributed by atoms with Crippen molar-refractivity contribution in [3.8, 4) is 0 Å². The molecule has 0 atom stereocenters. The molecule has 4 heteroatoms. The van der Waals surface area contributed by atoms with Crippen LogP contribution in [0, 0.1) is 0 Å². The molecule has 0 bridgehead atoms. The Labute approximate surface area is 400 Å². The van der Waals surface area contributed by atoms with Crippen LogP contribution in [0.4, 0.5) is 34.1 Å². The van der Waals surface area contributed by atoms with Crippen molar-refractivity contribution < 1.29 is 8.22 Å². The second-order valence-corrected chi connectivity index (χ2v) is 26.9. The van der Waals surface area contributed by atoms with Gasteiger partial charge in [0.15, 0.2) is 0 Å². The molecule has 0 amide bonds. The van der Waals surface area contributed by atoms with E-state index in [1.807, 2.05) is 67.2 Å². The van der Waals surface area contributed by atoms with Crippen LogP contribution in [0.3, 0.4) is 0 Å². The van der Waals surface area contributed by atoms with Crippen LogP contribution in [-0.2, 0) is 37.9 Å². The predicted octanol–water partition coefficient (Wildman–Crippen LogP) is 15.8. The quantitative estimate of drug-likeness (QED) is 0.160. The molecule has 9 rings (SSSR count). The van der Waals surface area contributed by atoms with Gasteiger partial charge in [0.1, 0.15) is 0 Å². The first kappa shape index (κ1) is 37.9. The fourth-order valence-electron chi connectivity index (χ4n) is 10.1. The maximum atomic E-state index is 10.5. The number of fused-ring (bicyclic) bond motifs is 7. The number of nitrogens with zero attached hydrogens (tertiary/aromatic N) is 2. The molecule has 0 saturated carbocycles. The number of anilines is 6. The molecule has 334 valence electrons. The van der Waals surface area contributed by atoms with Crippen molar-refractivity contribution >= 4 is 78.0 Å². The van der Waals surface area contributed by atoms with Crippen LogP contribution in [0.5, 0.6) is 0 Å². The third-order valence-electron chi connectivity index (χ3n) is 14.5. The molecule has 1 aromatic heterocycles. The molecule has 0 fully saturated rings. The fourth-order valence-corrected chi connectivity index (χ4v) is 11.4. The van der Waals surface area contributed by atoms with Gasteiger partial charge < -0.3 is 9.80 Å². The number of rotatable bonds is 2. The van der Waals surface area contributed by atoms with Crippen molar-refractivity contribution in [2.24, 2.45) is 0 Å². The Morgan fingerprint density at radius 2 is 1.06 bits per heavy atom. The lowest BCUT2D eigenvalue weighted by molar-refractivity contribution is 0.332. The van der Waals surface area contributed by atoms with Gasteiger partial charge in [0, 0.05) is 43.3 Å². The van der Waals surface area contributed by atoms with Crippen molar-refractivity contribution in [3.05, 3.63) is 124 Å². The molecule has 3 aliphatic rings. The molecule has 1 aliphatic carbocycles. The number of thiophene rings is 1. The van der Waals surface area contributed by atoms with E-state index in [2.05, 4.69) is 123 Å². The Morgan fingerprint density at radius 1 is 0.516 bits per heavy atom. The molecule has 64 heavy (non-hydrogen) atoms. The van der Waals surface area contributed by atoms with Crippen molar-refractivity contribution in [2.75, 3.05) is 9.80 Å². The van der Waals surface area contributed by atoms with Crippen LogP contribution in [0.25, 0.3) is 10.1 Å². The zero-order valence-electron chi connectivity index (χ0n) is 48.4. The first-order valence-corrected chi connectivity index (χ1v) is 24.5. The zero-order chi connectivity index (χ0) is 51.9. The number of hydrogen-bond donors (Lipinski definition) is 0. The summed E-state index contributed by atoms with van der Waals surface area (Å²) < 4.78 is 63.3. The van der Waals surface area contributed by atoms with Crippen LogP contribution in [-0.4, -0.2) is 6.71 Å². The van der Waals surface area contributed by atoms with Gasteiger partial charge in [-0.2, -0.15) is 0 Å². The molecular weight excluding hydrogens is 792 g/mol. The van der Waals surface area contributed by atoms with Gasteiger partial charge >= 0.3 is 0 Å². The molecule has 6 aromatic rings. The monoisotopic (exact) mass is 873 g/mol. The second-order valence-electron chi connectivity index (χ2n) is 25.8. The highest BCUT2D eigenvalue weighted by molar-refractivity contribution is 7.33. The van der Waals surface area contributed by atoms with Gasteiger partial charge in [-0.25, -0.2) is 0 Å². The zero-order valence-corrected chi connectivity index (χ0v) is 43.2. The van der Waals surface area contributed by atoms with Crippen LogP contribution < -0.4 is 25.5 Å². The molecule has 0 N–H and O–H groups in total. The fraction of sp³-hybridized carbons (Fsp3) is 0.467. The summed E-state index contributed by atoms with van der Waals surface area (Å²) >= 11 is 1.74. The van der Waals surface area contributed by atoms with Gasteiger partial charge in [0.25, 0.3) is 6.71 Å². The minimum Gasteiger partial charge on any atom is -0.311 e. The molecule has 2 aliphatic heterocycles. The largest absolute Gasteiger partial charge is 0.311 e. The van der Waals surface area contributed by atoms with E-state index in [0.717, 1.165) is 61.5 Å². The van der Waals surface area contributed by atoms with Crippen molar-refractivity contribution in [1.82, 2.24) is 0 Å². The smallest absolute Gasteiger partial charge is 0.264 e. The summed E-state index contributed by atoms with van der Waals surface area (Å²) in [5.41, 5.74) is 10.2. The Balaban J connectivity index is 1.55. The van der Waals surface area contributed by atoms with Gasteiger partial charge in [-0.05, 0) is 155 Å². The molecule has 2 nitrogen and oxygen atoms in total. The standard InChI is InChI=1S/C60H75BN2S/c1-54(2,3)36-21-25-50-43(31-36)52-53(64-50)61-46-24-20-37(55(4,5)6)32-47(46)62(42-29-38(56(7,8)9)28-39(30-42)57(10,11)12)48-33-40(58(13,14)15)34-49(51(48)61)63(52)41-22-23-44-45(35-41)60(18,19)27-26-59(44,16)17/h20-25,28-35H,26-27H2,1-19H3/i20D,24D,28D,29D,30D,32D. The van der Waals surface area contributed by atoms with E-state index in [-0.39, 0.29) is 57.9 Å². The van der Waals surface area contributed by atoms with E-state index >= 15 is 0 Å². The van der Waals surface area contributed by atoms with Crippen molar-refractivity contribution in [2.45, 2.75) is 182 Å². The summed E-state index contributed by atoms with van der Waals surface area (Å²) in [6.07, 6.45) is 2.18. The first-order chi connectivity index (χ1) is 31.9. The second kappa shape index (κ2) is 14.1. The predicted molar refractivity (Wildman–Crippen MR) is 285 cm³/mol. The summed E-state index contributed by atoms with van der Waals surface area (Å²) in [5.74, 6) is 0. The minimum absolute atomic E-state index is 0.0144. The SMILES string of the molecule is [2H]c1c([2H])c(C(C)(C)C)c([2H])c2c1B1c3sc4ccc(C(C)(C)C)cc4c3N(c3ccc4c(c3)C(C)(C)CCC4(C)C)c3cc(C(C)(C)C)cc(c31)N2c1c([2H])c(C(C)(C)C)c([2H])c(C(C)(C)C)c1[2H]. The molecule has 5 aromatic carbocycles. The lowest BCUT2D eigenvalue weighted by Crippen LogP contribution is -2.60. The third kappa shape index (κ3) is 7.28. The molecule has 0 saturated heterocycles. The summed E-state index contributed by atoms with van der Waals surface area (Å²) in [6, 6.07) is 19.2. The highest BCUT2D eigenvalue weighted by Gasteiger charge is 2.47. The Kier molecular flexibility index (Phi) is 8.36. The van der Waals surface area contributed by atoms with Gasteiger partial charge in [-0.3, -0.25) is 0 Å². The van der Waals surface area contributed by atoms with Gasteiger partial charge in [0.2, 0.25) is 0 Å². The van der Waals surface area contributed by atoms with E-state index in [1.54, 1.807) is 11.3 Å². The molecule has 0 unspecified atom stereocenters. The number of hydrogen-bond acceptors (Lipinski definition) is 3. The topological polar surface area (TPSA) is 6.48 Å². The van der Waals surface area contributed by atoms with Gasteiger partial charge in [-0.15, -0.1) is 11.3 Å². The maximum absolute atomic E-state index is 10.5. The van der Waals surface area contributed by atoms with E-state index < -0.39 is 23.0 Å². The Morgan fingerprint density at radius 3 is 1.62 bits per heavy atom. The van der Waals surface area contributed by atoms with Crippen molar-refractivity contribution in [1.29, 1.82) is 0 Å². The lowest BCUT2D eigenvalue weighted by atomic mass is 9.36. The minimum atomic E-state index is -0.681. The lowest BCUT2D eigenvalue weighted by Gasteiger charge is -2.46. The molecule has 0 spiro atoms. The van der Waals surface area contributed by atoms with Crippen LogP contribution in [0.15, 0.2) is 84.8 Å². The Hall–Kier alpha value is -4.28. The Bertz CT molecular complexity index is 3170. The average Bonchev–Trinajstić information content (AvgIpc) is 3.58. The summed E-state index contributed by atoms with van der Waals surface area (Å²) in [7, 11) is 0. The van der Waals surface area contributed by atoms with Crippen LogP contribution >= 0.6 is 11.3 Å². The van der Waals surface area contributed by atoms with Crippen LogP contribution in [0.2, 0.25) is 0 Å². The van der Waals surface area contributed by atoms with E-state index in [1.165, 1.54) is 16.7 Å². The summed E-state index contributed by atoms with van der Waals surface area (Å²) in [6.45, 7) is 40.7. The van der Waals surface area contributed by atoms with Crippen molar-refractivity contribution in [3.63, 3.8) is 0 Å². The van der Waals surface area contributed by atoms with Gasteiger partial charge in [0.05, 0.1) is 13.9 Å². The summed E-state index contributed by atoms with van der Waals surface area (Å²) in [4.78, 5) is 4.48. The average molecular weight is 873 g/mol. The van der Waals surface area contributed by atoms with E-state index in [4.69, 9.17) is 0 Å². The number of benzene rings is 5. The van der Waals surface area contributed by atoms with Crippen LogP contribution in [0.1, 0.15) is 192 Å². The van der Waals surface area contributed by atoms with E-state index in [0.29, 0.717) is 33.5 Å². The maximum Gasteiger partial charge on any atom is 0.264 e. The van der Waals surface area contributed by atoms with E-state index in [9.17, 15) is 8.22 Å². The highest BCUT2D eigenvalue weighted by Crippen LogP contribution is 2.53. The molecule has 0 radical (unpaired) electrons. The normalized spacial score (nSPS) is 18.3. The molecule has 3 heterocycles.